The van der Waals surface area contributed by atoms with Crippen molar-refractivity contribution >= 4 is 35.7 Å². The Balaban J connectivity index is 1.82. The maximum absolute atomic E-state index is 13.5. The monoisotopic (exact) mass is 362 g/mol. The van der Waals surface area contributed by atoms with E-state index in [1.54, 1.807) is 18.0 Å². The Morgan fingerprint density at radius 1 is 1.24 bits per heavy atom. The van der Waals surface area contributed by atoms with Gasteiger partial charge in [0.05, 0.1) is 6.42 Å². The average Bonchev–Trinajstić information content (AvgIpc) is 3.19. The zero-order valence-electron chi connectivity index (χ0n) is 14.4. The lowest BCUT2D eigenvalue weighted by molar-refractivity contribution is -0.151. The Bertz CT molecular complexity index is 713. The van der Waals surface area contributed by atoms with Crippen LogP contribution in [0.15, 0.2) is 16.4 Å². The van der Waals surface area contributed by atoms with Gasteiger partial charge in [-0.25, -0.2) is 0 Å². The van der Waals surface area contributed by atoms with Crippen LogP contribution in [-0.4, -0.2) is 58.6 Å². The zero-order chi connectivity index (χ0) is 17.8. The first-order valence-electron chi connectivity index (χ1n) is 8.68. The van der Waals surface area contributed by atoms with Gasteiger partial charge in [-0.05, 0) is 19.1 Å². The maximum atomic E-state index is 13.5. The Morgan fingerprint density at radius 2 is 1.96 bits per heavy atom. The van der Waals surface area contributed by atoms with Gasteiger partial charge >= 0.3 is 0 Å². The van der Waals surface area contributed by atoms with Crippen LogP contribution >= 0.6 is 11.8 Å². The summed E-state index contributed by atoms with van der Waals surface area (Å²) in [6.07, 6.45) is 8.00. The molecule has 2 fully saturated rings. The van der Waals surface area contributed by atoms with Crippen LogP contribution in [0.2, 0.25) is 0 Å². The van der Waals surface area contributed by atoms with Crippen molar-refractivity contribution in [2.24, 2.45) is 10.4 Å². The first kappa shape index (κ1) is 16.6. The molecule has 25 heavy (non-hydrogen) atoms. The average molecular weight is 362 g/mol. The van der Waals surface area contributed by atoms with Gasteiger partial charge in [-0.3, -0.25) is 29.6 Å². The van der Waals surface area contributed by atoms with Crippen LogP contribution in [0.25, 0.3) is 0 Å². The van der Waals surface area contributed by atoms with E-state index in [1.807, 2.05) is 23.1 Å². The van der Waals surface area contributed by atoms with Crippen molar-refractivity contribution in [2.75, 3.05) is 13.3 Å². The molecule has 4 aliphatic rings. The summed E-state index contributed by atoms with van der Waals surface area (Å²) in [7, 11) is 1.94. The van der Waals surface area contributed by atoms with Crippen LogP contribution in [-0.2, 0) is 14.4 Å². The number of rotatable bonds is 2. The molecule has 1 saturated carbocycles. The number of carbonyl (C=O) groups excluding carboxylic acids is 3. The minimum absolute atomic E-state index is 0.0613. The van der Waals surface area contributed by atoms with Crippen LogP contribution in [0.1, 0.15) is 38.5 Å². The van der Waals surface area contributed by atoms with Crippen molar-refractivity contribution < 1.29 is 14.4 Å². The van der Waals surface area contributed by atoms with Crippen LogP contribution in [0.4, 0.5) is 0 Å². The highest BCUT2D eigenvalue weighted by Crippen LogP contribution is 2.46. The molecule has 2 unspecified atom stereocenters. The lowest BCUT2D eigenvalue weighted by atomic mass is 9.75. The lowest BCUT2D eigenvalue weighted by Crippen LogP contribution is -2.58. The number of carbonyl (C=O) groups is 3. The fourth-order valence-electron chi connectivity index (χ4n) is 4.50. The highest BCUT2D eigenvalue weighted by Gasteiger charge is 2.59. The maximum Gasteiger partial charge on any atom is 0.244 e. The third kappa shape index (κ3) is 2.33. The summed E-state index contributed by atoms with van der Waals surface area (Å²) in [5.41, 5.74) is -0.495. The van der Waals surface area contributed by atoms with E-state index in [1.165, 1.54) is 0 Å². The van der Waals surface area contributed by atoms with Crippen molar-refractivity contribution in [3.63, 3.8) is 0 Å². The third-order valence-corrected chi connectivity index (χ3v) is 6.57. The standard InChI is InChI=1S/C17H22N4O3S/c1-20-13-10(9-18-16(20)25-2)7-17(8-12(22)19-14(17)23)15(24)21(13)11-5-3-4-6-11/h9,11,16H,3-8H2,1-2H3,(H,19,22,23). The summed E-state index contributed by atoms with van der Waals surface area (Å²) in [6.45, 7) is 0. The molecular weight excluding hydrogens is 340 g/mol. The summed E-state index contributed by atoms with van der Waals surface area (Å²) in [6, 6.07) is 0.0923. The Kier molecular flexibility index (Phi) is 3.90. The molecule has 0 bridgehead atoms. The van der Waals surface area contributed by atoms with Gasteiger partial charge in [0.2, 0.25) is 17.7 Å². The van der Waals surface area contributed by atoms with E-state index in [9.17, 15) is 14.4 Å². The minimum atomic E-state index is -1.29. The fraction of sp³-hybridized carbons (Fsp3) is 0.647. The van der Waals surface area contributed by atoms with Gasteiger partial charge in [-0.1, -0.05) is 12.8 Å². The van der Waals surface area contributed by atoms with Gasteiger partial charge in [0, 0.05) is 31.3 Å². The van der Waals surface area contributed by atoms with Crippen molar-refractivity contribution in [3.8, 4) is 0 Å². The van der Waals surface area contributed by atoms with Gasteiger partial charge in [0.15, 0.2) is 5.50 Å². The normalized spacial score (nSPS) is 32.9. The smallest absolute Gasteiger partial charge is 0.244 e. The molecule has 1 saturated heterocycles. The highest BCUT2D eigenvalue weighted by atomic mass is 32.2. The summed E-state index contributed by atoms with van der Waals surface area (Å²) in [4.78, 5) is 46.3. The van der Waals surface area contributed by atoms with Crippen LogP contribution < -0.4 is 5.32 Å². The van der Waals surface area contributed by atoms with Crippen molar-refractivity contribution in [1.29, 1.82) is 0 Å². The molecule has 2 atom stereocenters. The fourth-order valence-corrected chi connectivity index (χ4v) is 5.10. The number of nitrogens with one attached hydrogen (secondary N) is 1. The Labute approximate surface area is 150 Å². The predicted molar refractivity (Wildman–Crippen MR) is 94.5 cm³/mol. The molecule has 7 nitrogen and oxygen atoms in total. The van der Waals surface area contributed by atoms with Crippen molar-refractivity contribution in [1.82, 2.24) is 15.1 Å². The number of hydrogen-bond acceptors (Lipinski definition) is 6. The zero-order valence-corrected chi connectivity index (χ0v) is 15.3. The second kappa shape index (κ2) is 5.86. The van der Waals surface area contributed by atoms with E-state index in [-0.39, 0.29) is 36.2 Å². The molecule has 1 aliphatic carbocycles. The van der Waals surface area contributed by atoms with E-state index in [0.29, 0.717) is 0 Å². The predicted octanol–water partition coefficient (Wildman–Crippen LogP) is 1.07. The summed E-state index contributed by atoms with van der Waals surface area (Å²) in [5, 5.41) is 2.34. The van der Waals surface area contributed by atoms with Gasteiger partial charge in [-0.15, -0.1) is 11.8 Å². The van der Waals surface area contributed by atoms with Crippen molar-refractivity contribution in [3.05, 3.63) is 11.4 Å². The van der Waals surface area contributed by atoms with E-state index in [0.717, 1.165) is 37.1 Å². The SMILES string of the molecule is CSC1N=CC2=C(N1C)N(C1CCCC1)C(=O)C1(CC(=O)NC1=O)C2. The van der Waals surface area contributed by atoms with E-state index in [4.69, 9.17) is 0 Å². The molecule has 134 valence electrons. The second-order valence-corrected chi connectivity index (χ2v) is 8.12. The van der Waals surface area contributed by atoms with E-state index in [2.05, 4.69) is 10.3 Å². The Morgan fingerprint density at radius 3 is 2.56 bits per heavy atom. The molecule has 0 aromatic heterocycles. The van der Waals surface area contributed by atoms with E-state index < -0.39 is 11.3 Å². The molecule has 4 rings (SSSR count). The number of amides is 3. The molecule has 0 aromatic rings. The number of nitrogens with zero attached hydrogens (tertiary/aromatic N) is 3. The first-order valence-corrected chi connectivity index (χ1v) is 9.96. The van der Waals surface area contributed by atoms with Gasteiger partial charge in [0.25, 0.3) is 0 Å². The van der Waals surface area contributed by atoms with Crippen LogP contribution in [0.5, 0.6) is 0 Å². The number of aliphatic imine (C=N–C) groups is 1. The second-order valence-electron chi connectivity index (χ2n) is 7.23. The summed E-state index contributed by atoms with van der Waals surface area (Å²) < 4.78 is 0. The molecule has 1 N–H and O–H groups in total. The van der Waals surface area contributed by atoms with Gasteiger partial charge in [0.1, 0.15) is 11.2 Å². The summed E-state index contributed by atoms with van der Waals surface area (Å²) in [5.74, 6) is -0.176. The van der Waals surface area contributed by atoms with Gasteiger partial charge in [-0.2, -0.15) is 0 Å². The molecule has 3 heterocycles. The summed E-state index contributed by atoms with van der Waals surface area (Å²) >= 11 is 1.60. The molecule has 0 radical (unpaired) electrons. The number of hydrogen-bond donors (Lipinski definition) is 1. The topological polar surface area (TPSA) is 82.1 Å². The molecule has 3 amide bonds. The highest BCUT2D eigenvalue weighted by molar-refractivity contribution is 7.99. The molecule has 8 heteroatoms. The number of thioether (sulfide) groups is 1. The number of allylic oxidation sites excluding steroid dienone is 1. The van der Waals surface area contributed by atoms with E-state index >= 15 is 0 Å². The molecule has 3 aliphatic heterocycles. The quantitative estimate of drug-likeness (QED) is 0.587. The Hall–Kier alpha value is -1.83. The lowest BCUT2D eigenvalue weighted by Gasteiger charge is -2.47. The largest absolute Gasteiger partial charge is 0.330 e. The first-order chi connectivity index (χ1) is 12.0. The van der Waals surface area contributed by atoms with Gasteiger partial charge < -0.3 is 4.90 Å². The van der Waals surface area contributed by atoms with Crippen LogP contribution in [0.3, 0.4) is 0 Å². The third-order valence-electron chi connectivity index (χ3n) is 5.71. The molecular formula is C17H22N4O3S. The number of imide groups is 1. The van der Waals surface area contributed by atoms with Crippen molar-refractivity contribution in [2.45, 2.75) is 50.1 Å². The molecule has 1 spiro atoms. The minimum Gasteiger partial charge on any atom is -0.330 e. The molecule has 0 aromatic carbocycles. The van der Waals surface area contributed by atoms with Crippen LogP contribution in [0, 0.1) is 5.41 Å².